The SMILES string of the molecule is CC(C)c1nc(NC(=O)c2ccccn2)sc1SCCc1ccccc1Cl. The minimum atomic E-state index is -0.243. The van der Waals surface area contributed by atoms with E-state index >= 15 is 0 Å². The second-order valence-electron chi connectivity index (χ2n) is 6.21. The number of hydrogen-bond acceptors (Lipinski definition) is 5. The Labute approximate surface area is 172 Å². The summed E-state index contributed by atoms with van der Waals surface area (Å²) >= 11 is 9.50. The molecule has 0 saturated heterocycles. The zero-order valence-electron chi connectivity index (χ0n) is 15.1. The van der Waals surface area contributed by atoms with Crippen molar-refractivity contribution in [3.05, 3.63) is 70.6 Å². The number of aromatic nitrogens is 2. The third kappa shape index (κ3) is 5.31. The fraction of sp³-hybridized carbons (Fsp3) is 0.250. The Morgan fingerprint density at radius 2 is 2.00 bits per heavy atom. The minimum absolute atomic E-state index is 0.243. The van der Waals surface area contributed by atoms with Crippen molar-refractivity contribution in [2.75, 3.05) is 11.1 Å². The summed E-state index contributed by atoms with van der Waals surface area (Å²) < 4.78 is 1.13. The van der Waals surface area contributed by atoms with Crippen LogP contribution >= 0.6 is 34.7 Å². The molecular weight excluding hydrogens is 398 g/mol. The van der Waals surface area contributed by atoms with Gasteiger partial charge in [0.15, 0.2) is 5.13 Å². The first kappa shape index (κ1) is 19.9. The Morgan fingerprint density at radius 1 is 1.22 bits per heavy atom. The summed E-state index contributed by atoms with van der Waals surface area (Å²) in [6.07, 6.45) is 2.49. The molecule has 0 atom stereocenters. The van der Waals surface area contributed by atoms with Gasteiger partial charge in [0.25, 0.3) is 5.91 Å². The summed E-state index contributed by atoms with van der Waals surface area (Å²) in [6.45, 7) is 4.22. The van der Waals surface area contributed by atoms with E-state index in [1.54, 1.807) is 36.2 Å². The highest BCUT2D eigenvalue weighted by atomic mass is 35.5. The molecule has 0 spiro atoms. The minimum Gasteiger partial charge on any atom is -0.296 e. The molecule has 0 bridgehead atoms. The van der Waals surface area contributed by atoms with Gasteiger partial charge in [0.1, 0.15) is 5.69 Å². The van der Waals surface area contributed by atoms with Gasteiger partial charge in [0, 0.05) is 17.0 Å². The number of carbonyl (C=O) groups excluding carboxylic acids is 1. The number of nitrogens with zero attached hydrogens (tertiary/aromatic N) is 2. The van der Waals surface area contributed by atoms with E-state index < -0.39 is 0 Å². The largest absolute Gasteiger partial charge is 0.296 e. The number of amides is 1. The Bertz CT molecular complexity index is 913. The maximum Gasteiger partial charge on any atom is 0.276 e. The second-order valence-corrected chi connectivity index (χ2v) is 8.98. The van der Waals surface area contributed by atoms with Gasteiger partial charge in [-0.15, -0.1) is 11.8 Å². The lowest BCUT2D eigenvalue weighted by molar-refractivity contribution is 0.102. The molecule has 1 aromatic carbocycles. The number of nitrogens with one attached hydrogen (secondary N) is 1. The third-order valence-corrected chi connectivity index (χ3v) is 6.48. The zero-order valence-corrected chi connectivity index (χ0v) is 17.5. The Hall–Kier alpha value is -1.89. The molecule has 0 aliphatic heterocycles. The maximum atomic E-state index is 12.3. The van der Waals surface area contributed by atoms with E-state index in [2.05, 4.69) is 35.2 Å². The number of thiazole rings is 1. The van der Waals surface area contributed by atoms with Crippen molar-refractivity contribution in [1.82, 2.24) is 9.97 Å². The number of pyridine rings is 1. The lowest BCUT2D eigenvalue weighted by Crippen LogP contribution is -2.13. The summed E-state index contributed by atoms with van der Waals surface area (Å²) in [4.78, 5) is 21.0. The van der Waals surface area contributed by atoms with Crippen LogP contribution in [-0.2, 0) is 6.42 Å². The molecular formula is C20H20ClN3OS2. The number of rotatable bonds is 7. The van der Waals surface area contributed by atoms with Crippen molar-refractivity contribution in [2.45, 2.75) is 30.4 Å². The quantitative estimate of drug-likeness (QED) is 0.486. The van der Waals surface area contributed by atoms with Crippen LogP contribution in [0.1, 0.15) is 41.5 Å². The summed E-state index contributed by atoms with van der Waals surface area (Å²) in [5, 5.41) is 4.27. The highest BCUT2D eigenvalue weighted by molar-refractivity contribution is 8.01. The highest BCUT2D eigenvalue weighted by Crippen LogP contribution is 2.37. The molecule has 0 fully saturated rings. The summed E-state index contributed by atoms with van der Waals surface area (Å²) in [7, 11) is 0. The first-order chi connectivity index (χ1) is 13.0. The Balaban J connectivity index is 1.68. The summed E-state index contributed by atoms with van der Waals surface area (Å²) in [5.74, 6) is 0.941. The fourth-order valence-electron chi connectivity index (χ4n) is 2.45. The van der Waals surface area contributed by atoms with Crippen LogP contribution in [0.25, 0.3) is 0 Å². The molecule has 0 aliphatic carbocycles. The van der Waals surface area contributed by atoms with E-state index in [-0.39, 0.29) is 11.8 Å². The first-order valence-corrected chi connectivity index (χ1v) is 10.8. The van der Waals surface area contributed by atoms with Gasteiger partial charge in [-0.25, -0.2) is 4.98 Å². The highest BCUT2D eigenvalue weighted by Gasteiger charge is 2.17. The molecule has 1 N–H and O–H groups in total. The van der Waals surface area contributed by atoms with Crippen LogP contribution in [-0.4, -0.2) is 21.6 Å². The number of thioether (sulfide) groups is 1. The standard InChI is InChI=1S/C20H20ClN3OS2/c1-13(2)17-19(26-12-10-14-7-3-4-8-15(14)21)27-20(23-17)24-18(25)16-9-5-6-11-22-16/h3-9,11,13H,10,12H2,1-2H3,(H,23,24,25). The maximum absolute atomic E-state index is 12.3. The van der Waals surface area contributed by atoms with Gasteiger partial charge in [0.2, 0.25) is 0 Å². The fourth-order valence-corrected chi connectivity index (χ4v) is 5.19. The van der Waals surface area contributed by atoms with E-state index in [1.807, 2.05) is 18.2 Å². The van der Waals surface area contributed by atoms with Gasteiger partial charge >= 0.3 is 0 Å². The number of carbonyl (C=O) groups is 1. The van der Waals surface area contributed by atoms with E-state index in [1.165, 1.54) is 11.3 Å². The van der Waals surface area contributed by atoms with Gasteiger partial charge in [-0.3, -0.25) is 15.1 Å². The van der Waals surface area contributed by atoms with Crippen molar-refractivity contribution in [2.24, 2.45) is 0 Å². The number of anilines is 1. The molecule has 0 radical (unpaired) electrons. The van der Waals surface area contributed by atoms with Crippen LogP contribution in [0.4, 0.5) is 5.13 Å². The van der Waals surface area contributed by atoms with E-state index in [0.29, 0.717) is 10.8 Å². The van der Waals surface area contributed by atoms with Crippen LogP contribution in [0.15, 0.2) is 52.9 Å². The second kappa shape index (κ2) is 9.35. The van der Waals surface area contributed by atoms with Crippen molar-refractivity contribution < 1.29 is 4.79 Å². The molecule has 0 unspecified atom stereocenters. The Morgan fingerprint density at radius 3 is 2.70 bits per heavy atom. The van der Waals surface area contributed by atoms with Crippen molar-refractivity contribution >= 4 is 45.7 Å². The van der Waals surface area contributed by atoms with Crippen LogP contribution in [0.5, 0.6) is 0 Å². The predicted octanol–water partition coefficient (Wildman–Crippen LogP) is 5.90. The molecule has 0 aliphatic rings. The molecule has 4 nitrogen and oxygen atoms in total. The molecule has 3 rings (SSSR count). The van der Waals surface area contributed by atoms with Crippen LogP contribution < -0.4 is 5.32 Å². The lowest BCUT2D eigenvalue weighted by atomic mass is 10.2. The number of halogens is 1. The van der Waals surface area contributed by atoms with E-state index in [9.17, 15) is 4.79 Å². The topological polar surface area (TPSA) is 54.9 Å². The zero-order chi connectivity index (χ0) is 19.2. The molecule has 140 valence electrons. The normalized spacial score (nSPS) is 11.0. The van der Waals surface area contributed by atoms with Gasteiger partial charge in [-0.1, -0.05) is 61.1 Å². The molecule has 7 heteroatoms. The van der Waals surface area contributed by atoms with Crippen LogP contribution in [0.3, 0.4) is 0 Å². The predicted molar refractivity (Wildman–Crippen MR) is 114 cm³/mol. The average molecular weight is 418 g/mol. The Kier molecular flexibility index (Phi) is 6.88. The molecule has 2 aromatic heterocycles. The molecule has 1 amide bonds. The van der Waals surface area contributed by atoms with Crippen molar-refractivity contribution in [3.8, 4) is 0 Å². The van der Waals surface area contributed by atoms with E-state index in [0.717, 1.165) is 32.7 Å². The first-order valence-electron chi connectivity index (χ1n) is 8.64. The van der Waals surface area contributed by atoms with Gasteiger partial charge in [-0.2, -0.15) is 0 Å². The summed E-state index contributed by atoms with van der Waals surface area (Å²) in [5.41, 5.74) is 2.54. The van der Waals surface area contributed by atoms with Crippen LogP contribution in [0.2, 0.25) is 5.02 Å². The monoisotopic (exact) mass is 417 g/mol. The van der Waals surface area contributed by atoms with Gasteiger partial charge in [-0.05, 0) is 36.1 Å². The number of hydrogen-bond donors (Lipinski definition) is 1. The molecule has 3 aromatic rings. The lowest BCUT2D eigenvalue weighted by Gasteiger charge is -2.06. The number of benzene rings is 1. The molecule has 0 saturated carbocycles. The van der Waals surface area contributed by atoms with Gasteiger partial charge < -0.3 is 0 Å². The molecule has 27 heavy (non-hydrogen) atoms. The third-order valence-electron chi connectivity index (χ3n) is 3.85. The van der Waals surface area contributed by atoms with E-state index in [4.69, 9.17) is 11.6 Å². The van der Waals surface area contributed by atoms with Crippen molar-refractivity contribution in [3.63, 3.8) is 0 Å². The van der Waals surface area contributed by atoms with Crippen molar-refractivity contribution in [1.29, 1.82) is 0 Å². The number of aryl methyl sites for hydroxylation is 1. The van der Waals surface area contributed by atoms with Gasteiger partial charge in [0.05, 0.1) is 9.90 Å². The smallest absolute Gasteiger partial charge is 0.276 e. The molecule has 2 heterocycles. The summed E-state index contributed by atoms with van der Waals surface area (Å²) in [6, 6.07) is 13.2. The average Bonchev–Trinajstić information content (AvgIpc) is 3.07. The van der Waals surface area contributed by atoms with Crippen LogP contribution in [0, 0.1) is 0 Å².